The number of hydrogen-bond acceptors (Lipinski definition) is 1. The van der Waals surface area contributed by atoms with Gasteiger partial charge in [0.15, 0.2) is 0 Å². The van der Waals surface area contributed by atoms with Gasteiger partial charge in [0.25, 0.3) is 0 Å². The molecule has 0 saturated heterocycles. The van der Waals surface area contributed by atoms with E-state index < -0.39 is 14.0 Å². The van der Waals surface area contributed by atoms with Gasteiger partial charge in [-0.25, -0.2) is 0 Å². The molecule has 0 radical (unpaired) electrons. The molecule has 122 valence electrons. The predicted octanol–water partition coefficient (Wildman–Crippen LogP) is 5.45. The zero-order valence-electron chi connectivity index (χ0n) is 15.9. The summed E-state index contributed by atoms with van der Waals surface area (Å²) in [6.45, 7) is 8.94. The van der Waals surface area contributed by atoms with Crippen LogP contribution in [-0.4, -0.2) is 13.1 Å². The van der Waals surface area contributed by atoms with Gasteiger partial charge in [0, 0.05) is 19.0 Å². The summed E-state index contributed by atoms with van der Waals surface area (Å²) in [5.74, 6) is -0.822. The molecule has 0 aliphatic rings. The van der Waals surface area contributed by atoms with Crippen molar-refractivity contribution in [2.24, 2.45) is 0 Å². The average molecular weight is 333 g/mol. The van der Waals surface area contributed by atoms with Crippen LogP contribution in [0.4, 0.5) is 0 Å². The molecule has 3 rings (SSSR count). The predicted molar refractivity (Wildman–Crippen MR) is 107 cm³/mol. The monoisotopic (exact) mass is 332 g/mol. The summed E-state index contributed by atoms with van der Waals surface area (Å²) in [6.07, 6.45) is 2.02. The van der Waals surface area contributed by atoms with Crippen molar-refractivity contribution in [3.8, 4) is 11.3 Å². The van der Waals surface area contributed by atoms with Crippen LogP contribution in [0.15, 0.2) is 72.9 Å². The highest BCUT2D eigenvalue weighted by atomic mass is 28.3. The first kappa shape index (κ1) is 15.3. The van der Waals surface area contributed by atoms with E-state index in [9.17, 15) is 0 Å². The second-order valence-electron chi connectivity index (χ2n) is 7.22. The molecule has 1 aromatic heterocycles. The molecule has 2 aromatic carbocycles. The fraction of sp³-hybridized carbons (Fsp3) is 0.227. The van der Waals surface area contributed by atoms with E-state index in [2.05, 4.69) is 37.8 Å². The number of rotatable bonds is 4. The molecular weight excluding hydrogens is 306 g/mol. The Morgan fingerprint density at radius 3 is 2.17 bits per heavy atom. The van der Waals surface area contributed by atoms with Crippen LogP contribution in [0.3, 0.4) is 0 Å². The molecule has 1 heterocycles. The Hall–Kier alpha value is -2.19. The van der Waals surface area contributed by atoms with Crippen LogP contribution >= 0.6 is 0 Å². The number of hydrogen-bond donors (Lipinski definition) is 0. The minimum absolute atomic E-state index is 0.822. The SMILES string of the molecule is [2H]C(C)(c1ccccc1)c1ccccc1-c1ccc([Si](C)(C)C)cn1. The average Bonchev–Trinajstić information content (AvgIpc) is 2.62. The normalized spacial score (nSPS) is 14.8. The molecular formula is C22H25NSi. The smallest absolute Gasteiger partial charge is 0.0796 e. The highest BCUT2D eigenvalue weighted by Crippen LogP contribution is 2.31. The van der Waals surface area contributed by atoms with E-state index in [0.717, 1.165) is 22.4 Å². The van der Waals surface area contributed by atoms with Crippen molar-refractivity contribution in [1.29, 1.82) is 0 Å². The summed E-state index contributed by atoms with van der Waals surface area (Å²) in [4.78, 5) is 4.73. The Bertz CT molecular complexity index is 849. The summed E-state index contributed by atoms with van der Waals surface area (Å²) in [5.41, 5.74) is 3.94. The standard InChI is InChI=1S/C22H25NSi/c1-17(18-10-6-5-7-11-18)20-12-8-9-13-21(20)22-15-14-19(16-23-22)24(2,3)4/h5-17H,1-4H3/i17D. The van der Waals surface area contributed by atoms with Gasteiger partial charge in [0.2, 0.25) is 0 Å². The number of nitrogens with zero attached hydrogens (tertiary/aromatic N) is 1. The van der Waals surface area contributed by atoms with Crippen LogP contribution in [0.1, 0.15) is 25.3 Å². The van der Waals surface area contributed by atoms with E-state index in [0.29, 0.717) is 0 Å². The van der Waals surface area contributed by atoms with Gasteiger partial charge in [-0.05, 0) is 22.4 Å². The topological polar surface area (TPSA) is 12.9 Å². The molecule has 3 aromatic rings. The van der Waals surface area contributed by atoms with Gasteiger partial charge >= 0.3 is 0 Å². The first-order valence-corrected chi connectivity index (χ1v) is 11.9. The lowest BCUT2D eigenvalue weighted by atomic mass is 9.88. The fourth-order valence-electron chi connectivity index (χ4n) is 2.87. The fourth-order valence-corrected chi connectivity index (χ4v) is 3.91. The van der Waals surface area contributed by atoms with E-state index >= 15 is 0 Å². The third kappa shape index (κ3) is 3.49. The molecule has 0 fully saturated rings. The Balaban J connectivity index is 2.08. The van der Waals surface area contributed by atoms with Gasteiger partial charge in [-0.3, -0.25) is 4.98 Å². The molecule has 0 aliphatic carbocycles. The Morgan fingerprint density at radius 2 is 1.54 bits per heavy atom. The van der Waals surface area contributed by atoms with Crippen molar-refractivity contribution in [3.05, 3.63) is 84.1 Å². The maximum Gasteiger partial charge on any atom is 0.0796 e. The maximum absolute atomic E-state index is 9.02. The number of aromatic nitrogens is 1. The Labute approximate surface area is 147 Å². The second-order valence-corrected chi connectivity index (χ2v) is 12.3. The van der Waals surface area contributed by atoms with Crippen LogP contribution in [0.2, 0.25) is 19.6 Å². The molecule has 0 saturated carbocycles. The van der Waals surface area contributed by atoms with Gasteiger partial charge < -0.3 is 0 Å². The molecule has 0 amide bonds. The zero-order chi connectivity index (χ0) is 18.1. The molecule has 0 spiro atoms. The van der Waals surface area contributed by atoms with Gasteiger partial charge in [-0.2, -0.15) is 0 Å². The maximum atomic E-state index is 9.02. The minimum Gasteiger partial charge on any atom is -0.256 e. The van der Waals surface area contributed by atoms with Crippen LogP contribution in [0.5, 0.6) is 0 Å². The zero-order valence-corrected chi connectivity index (χ0v) is 15.9. The number of pyridine rings is 1. The lowest BCUT2D eigenvalue weighted by Crippen LogP contribution is -2.37. The van der Waals surface area contributed by atoms with Crippen molar-refractivity contribution in [2.75, 3.05) is 0 Å². The minimum atomic E-state index is -1.36. The largest absolute Gasteiger partial charge is 0.256 e. The molecule has 1 unspecified atom stereocenters. The Kier molecular flexibility index (Phi) is 4.31. The molecule has 0 bridgehead atoms. The van der Waals surface area contributed by atoms with Crippen LogP contribution < -0.4 is 5.19 Å². The third-order valence-corrected chi connectivity index (χ3v) is 6.47. The quantitative estimate of drug-likeness (QED) is 0.579. The first-order valence-electron chi connectivity index (χ1n) is 8.92. The third-order valence-electron chi connectivity index (χ3n) is 4.44. The summed E-state index contributed by atoms with van der Waals surface area (Å²) >= 11 is 0. The van der Waals surface area contributed by atoms with Crippen LogP contribution in [0.25, 0.3) is 11.3 Å². The first-order chi connectivity index (χ1) is 11.8. The van der Waals surface area contributed by atoms with Gasteiger partial charge in [0.1, 0.15) is 0 Å². The van der Waals surface area contributed by atoms with Crippen molar-refractivity contribution >= 4 is 13.3 Å². The molecule has 24 heavy (non-hydrogen) atoms. The summed E-state index contributed by atoms with van der Waals surface area (Å²) in [6, 6.07) is 22.5. The molecule has 0 aliphatic heterocycles. The highest BCUT2D eigenvalue weighted by molar-refractivity contribution is 6.88. The van der Waals surface area contributed by atoms with Crippen molar-refractivity contribution < 1.29 is 1.37 Å². The van der Waals surface area contributed by atoms with Gasteiger partial charge in [-0.15, -0.1) is 0 Å². The summed E-state index contributed by atoms with van der Waals surface area (Å²) in [5, 5.41) is 1.35. The van der Waals surface area contributed by atoms with E-state index in [1.165, 1.54) is 5.19 Å². The molecule has 1 nitrogen and oxygen atoms in total. The van der Waals surface area contributed by atoms with E-state index in [1.54, 1.807) is 0 Å². The molecule has 2 heteroatoms. The summed E-state index contributed by atoms with van der Waals surface area (Å²) < 4.78 is 9.02. The molecule has 1 atom stereocenters. The lowest BCUT2D eigenvalue weighted by molar-refractivity contribution is 0.923. The van der Waals surface area contributed by atoms with Crippen LogP contribution in [-0.2, 0) is 0 Å². The highest BCUT2D eigenvalue weighted by Gasteiger charge is 2.18. The number of benzene rings is 2. The van der Waals surface area contributed by atoms with Gasteiger partial charge in [0.05, 0.1) is 13.8 Å². The second kappa shape index (κ2) is 6.74. The van der Waals surface area contributed by atoms with E-state index in [4.69, 9.17) is 6.35 Å². The van der Waals surface area contributed by atoms with Crippen molar-refractivity contribution in [1.82, 2.24) is 4.98 Å². The summed E-state index contributed by atoms with van der Waals surface area (Å²) in [7, 11) is -1.36. The van der Waals surface area contributed by atoms with E-state index in [-0.39, 0.29) is 0 Å². The van der Waals surface area contributed by atoms with Crippen molar-refractivity contribution in [3.63, 3.8) is 0 Å². The lowest BCUT2D eigenvalue weighted by Gasteiger charge is -2.19. The van der Waals surface area contributed by atoms with E-state index in [1.807, 2.05) is 61.7 Å². The Morgan fingerprint density at radius 1 is 0.875 bits per heavy atom. The molecule has 0 N–H and O–H groups in total. The van der Waals surface area contributed by atoms with Crippen LogP contribution in [0, 0.1) is 0 Å². The van der Waals surface area contributed by atoms with Gasteiger partial charge in [-0.1, -0.05) is 87.2 Å². The van der Waals surface area contributed by atoms with Crippen molar-refractivity contribution in [2.45, 2.75) is 32.5 Å².